The largest absolute Gasteiger partial charge is 0.481 e. The van der Waals surface area contributed by atoms with Gasteiger partial charge in [-0.15, -0.1) is 0 Å². The number of benzene rings is 1. The molecule has 0 bridgehead atoms. The van der Waals surface area contributed by atoms with E-state index in [4.69, 9.17) is 18.6 Å². The highest BCUT2D eigenvalue weighted by atomic mass is 16.6. The van der Waals surface area contributed by atoms with Gasteiger partial charge < -0.3 is 18.6 Å². The quantitative estimate of drug-likeness (QED) is 0.571. The lowest BCUT2D eigenvalue weighted by molar-refractivity contribution is -0.177. The molecule has 2 heterocycles. The van der Waals surface area contributed by atoms with Crippen LogP contribution in [0.15, 0.2) is 33.5 Å². The highest BCUT2D eigenvalue weighted by molar-refractivity contribution is 5.84. The number of hydrogen-bond donors (Lipinski definition) is 0. The number of fused-ring (bicyclic) bond motifs is 3. The van der Waals surface area contributed by atoms with Crippen LogP contribution in [0.2, 0.25) is 0 Å². The Morgan fingerprint density at radius 3 is 2.50 bits per heavy atom. The first-order chi connectivity index (χ1) is 13.1. The molecule has 28 heavy (non-hydrogen) atoms. The van der Waals surface area contributed by atoms with Crippen molar-refractivity contribution in [3.05, 3.63) is 40.2 Å². The maximum Gasteiger partial charge on any atom is 0.336 e. The molecule has 2 atom stereocenters. The van der Waals surface area contributed by atoms with E-state index in [0.717, 1.165) is 0 Å². The van der Waals surface area contributed by atoms with Gasteiger partial charge in [0.2, 0.25) is 0 Å². The molecule has 0 saturated carbocycles. The zero-order valence-electron chi connectivity index (χ0n) is 16.6. The molecule has 7 heteroatoms. The van der Waals surface area contributed by atoms with Gasteiger partial charge in [0, 0.05) is 24.8 Å². The molecule has 3 rings (SSSR count). The van der Waals surface area contributed by atoms with Crippen LogP contribution in [0.1, 0.15) is 52.7 Å². The highest BCUT2D eigenvalue weighted by Gasteiger charge is 2.50. The first kappa shape index (κ1) is 19.9. The maximum absolute atomic E-state index is 12.2. The molecule has 1 aromatic heterocycles. The Kier molecular flexibility index (Phi) is 5.19. The van der Waals surface area contributed by atoms with Gasteiger partial charge in [-0.3, -0.25) is 9.59 Å². The lowest BCUT2D eigenvalue weighted by atomic mass is 9.93. The van der Waals surface area contributed by atoms with E-state index in [1.165, 1.54) is 13.0 Å². The summed E-state index contributed by atoms with van der Waals surface area (Å²) in [7, 11) is 0. The monoisotopic (exact) mass is 388 g/mol. The summed E-state index contributed by atoms with van der Waals surface area (Å²) in [5.74, 6) is -0.317. The highest BCUT2D eigenvalue weighted by Crippen LogP contribution is 2.47. The van der Waals surface area contributed by atoms with E-state index in [-0.39, 0.29) is 18.3 Å². The van der Waals surface area contributed by atoms with E-state index in [2.05, 4.69) is 0 Å². The van der Waals surface area contributed by atoms with Crippen LogP contribution in [0.25, 0.3) is 11.0 Å². The van der Waals surface area contributed by atoms with Crippen molar-refractivity contribution in [3.8, 4) is 5.75 Å². The summed E-state index contributed by atoms with van der Waals surface area (Å²) in [5.41, 5.74) is -0.855. The molecule has 1 aliphatic rings. The fourth-order valence-corrected chi connectivity index (χ4v) is 3.39. The second-order valence-electron chi connectivity index (χ2n) is 7.89. The van der Waals surface area contributed by atoms with Gasteiger partial charge in [-0.1, -0.05) is 13.8 Å². The second-order valence-corrected chi connectivity index (χ2v) is 7.89. The molecule has 0 saturated heterocycles. The Labute approximate surface area is 162 Å². The normalized spacial score (nSPS) is 18.6. The molecule has 0 fully saturated rings. The average Bonchev–Trinajstić information content (AvgIpc) is 2.92. The minimum Gasteiger partial charge on any atom is -0.481 e. The summed E-state index contributed by atoms with van der Waals surface area (Å²) in [6.07, 6.45) is -1.42. The summed E-state index contributed by atoms with van der Waals surface area (Å²) in [5, 5.41) is 0.675. The van der Waals surface area contributed by atoms with Crippen molar-refractivity contribution in [1.29, 1.82) is 0 Å². The van der Waals surface area contributed by atoms with E-state index in [0.29, 0.717) is 22.3 Å². The molecular formula is C21H24O7. The van der Waals surface area contributed by atoms with Gasteiger partial charge in [0.1, 0.15) is 16.9 Å². The number of hydrogen-bond acceptors (Lipinski definition) is 7. The first-order valence-electron chi connectivity index (χ1n) is 9.21. The van der Waals surface area contributed by atoms with Crippen LogP contribution >= 0.6 is 0 Å². The van der Waals surface area contributed by atoms with Gasteiger partial charge in [0.15, 0.2) is 12.2 Å². The van der Waals surface area contributed by atoms with Crippen LogP contribution < -0.4 is 10.4 Å². The van der Waals surface area contributed by atoms with Crippen LogP contribution in [0, 0.1) is 5.92 Å². The number of carbonyl (C=O) groups is 2. The summed E-state index contributed by atoms with van der Waals surface area (Å²) in [4.78, 5) is 35.8. The van der Waals surface area contributed by atoms with E-state index in [1.807, 2.05) is 13.8 Å². The third-order valence-electron chi connectivity index (χ3n) is 4.53. The molecule has 1 aromatic carbocycles. The smallest absolute Gasteiger partial charge is 0.336 e. The fraction of sp³-hybridized carbons (Fsp3) is 0.476. The van der Waals surface area contributed by atoms with E-state index in [9.17, 15) is 14.4 Å². The topological polar surface area (TPSA) is 92.0 Å². The van der Waals surface area contributed by atoms with E-state index < -0.39 is 29.4 Å². The van der Waals surface area contributed by atoms with Gasteiger partial charge in [0.05, 0.1) is 5.56 Å². The van der Waals surface area contributed by atoms with Crippen LogP contribution in [0.4, 0.5) is 0 Å². The van der Waals surface area contributed by atoms with Crippen LogP contribution in [0.3, 0.4) is 0 Å². The molecule has 0 aliphatic carbocycles. The standard InChI is InChI=1S/C21H24O7/c1-11(2)10-16(24)28-21(4,5)20-19(25-12(3)22)17-14(26-20)8-6-13-7-9-15(23)27-18(13)17/h6-9,11,19-20H,10H2,1-5H3/t19-,20+/m1/s1. The van der Waals surface area contributed by atoms with Crippen molar-refractivity contribution in [2.45, 2.75) is 58.8 Å². The van der Waals surface area contributed by atoms with Crippen molar-refractivity contribution >= 4 is 22.9 Å². The third kappa shape index (κ3) is 3.88. The van der Waals surface area contributed by atoms with Crippen molar-refractivity contribution in [3.63, 3.8) is 0 Å². The zero-order valence-corrected chi connectivity index (χ0v) is 16.6. The van der Waals surface area contributed by atoms with Gasteiger partial charge in [-0.25, -0.2) is 4.79 Å². The molecule has 0 N–H and O–H groups in total. The molecule has 0 unspecified atom stereocenters. The molecule has 0 radical (unpaired) electrons. The van der Waals surface area contributed by atoms with Crippen molar-refractivity contribution < 1.29 is 28.2 Å². The SMILES string of the molecule is CC(=O)O[C@@H]1c2c(ccc3ccc(=O)oc23)O[C@@H]1C(C)(C)OC(=O)CC(C)C. The first-order valence-corrected chi connectivity index (χ1v) is 9.21. The van der Waals surface area contributed by atoms with Gasteiger partial charge in [-0.2, -0.15) is 0 Å². The number of ether oxygens (including phenoxy) is 3. The molecular weight excluding hydrogens is 364 g/mol. The molecule has 150 valence electrons. The van der Waals surface area contributed by atoms with Gasteiger partial charge >= 0.3 is 17.6 Å². The Bertz CT molecular complexity index is 970. The molecule has 0 amide bonds. The van der Waals surface area contributed by atoms with Gasteiger partial charge in [-0.05, 0) is 38.0 Å². The lowest BCUT2D eigenvalue weighted by Gasteiger charge is -2.33. The summed E-state index contributed by atoms with van der Waals surface area (Å²) in [6, 6.07) is 6.43. The Hall–Kier alpha value is -2.83. The Morgan fingerprint density at radius 2 is 1.86 bits per heavy atom. The Balaban J connectivity index is 2.04. The van der Waals surface area contributed by atoms with Crippen LogP contribution in [-0.4, -0.2) is 23.6 Å². The Morgan fingerprint density at radius 1 is 1.18 bits per heavy atom. The maximum atomic E-state index is 12.2. The predicted molar refractivity (Wildman–Crippen MR) is 101 cm³/mol. The predicted octanol–water partition coefficient (Wildman–Crippen LogP) is 3.53. The molecule has 1 aliphatic heterocycles. The number of carbonyl (C=O) groups excluding carboxylic acids is 2. The van der Waals surface area contributed by atoms with E-state index >= 15 is 0 Å². The summed E-state index contributed by atoms with van der Waals surface area (Å²) in [6.45, 7) is 8.54. The van der Waals surface area contributed by atoms with Crippen molar-refractivity contribution in [1.82, 2.24) is 0 Å². The van der Waals surface area contributed by atoms with E-state index in [1.54, 1.807) is 32.0 Å². The minimum atomic E-state index is -1.09. The third-order valence-corrected chi connectivity index (χ3v) is 4.53. The summed E-state index contributed by atoms with van der Waals surface area (Å²) < 4.78 is 22.6. The fourth-order valence-electron chi connectivity index (χ4n) is 3.39. The average molecular weight is 388 g/mol. The molecule has 0 spiro atoms. The zero-order chi connectivity index (χ0) is 20.6. The second kappa shape index (κ2) is 7.30. The minimum absolute atomic E-state index is 0.146. The van der Waals surface area contributed by atoms with Crippen molar-refractivity contribution in [2.24, 2.45) is 5.92 Å². The molecule has 2 aromatic rings. The lowest BCUT2D eigenvalue weighted by Crippen LogP contribution is -2.46. The van der Waals surface area contributed by atoms with Gasteiger partial charge in [0.25, 0.3) is 0 Å². The molecule has 7 nitrogen and oxygen atoms in total. The van der Waals surface area contributed by atoms with Crippen LogP contribution in [0.5, 0.6) is 5.75 Å². The van der Waals surface area contributed by atoms with Crippen molar-refractivity contribution in [2.75, 3.05) is 0 Å². The summed E-state index contributed by atoms with van der Waals surface area (Å²) >= 11 is 0. The number of rotatable bonds is 5. The number of esters is 2. The van der Waals surface area contributed by atoms with Crippen LogP contribution in [-0.2, 0) is 19.1 Å².